The van der Waals surface area contributed by atoms with Gasteiger partial charge in [-0.15, -0.1) is 0 Å². The average Bonchev–Trinajstić information content (AvgIpc) is 2.44. The van der Waals surface area contributed by atoms with E-state index in [0.717, 1.165) is 7.11 Å². The number of nitrogens with zero attached hydrogens (tertiary/aromatic N) is 1. The second kappa shape index (κ2) is 4.73. The Labute approximate surface area is 103 Å². The van der Waals surface area contributed by atoms with E-state index in [1.807, 2.05) is 0 Å². The van der Waals surface area contributed by atoms with Gasteiger partial charge in [-0.25, -0.2) is 14.5 Å². The minimum Gasteiger partial charge on any atom is -0.467 e. The molecule has 0 bridgehead atoms. The molecule has 0 saturated carbocycles. The van der Waals surface area contributed by atoms with Crippen molar-refractivity contribution >= 4 is 18.0 Å². The first-order valence-electron chi connectivity index (χ1n) is 6.12. The SMILES string of the molecule is [2H]C1([2H])CC(=O)N(C(=O)OC(C)(C)C)[C@@H]1C(=O)OC. The molecule has 0 spiro atoms. The van der Waals surface area contributed by atoms with Gasteiger partial charge in [0.05, 0.1) is 7.11 Å². The largest absolute Gasteiger partial charge is 0.467 e. The monoisotopic (exact) mass is 245 g/mol. The Kier molecular flexibility index (Phi) is 2.94. The number of carbonyl (C=O) groups excluding carboxylic acids is 3. The van der Waals surface area contributed by atoms with Crippen LogP contribution in [0.3, 0.4) is 0 Å². The molecule has 1 aliphatic heterocycles. The summed E-state index contributed by atoms with van der Waals surface area (Å²) < 4.78 is 24.8. The van der Waals surface area contributed by atoms with Crippen LogP contribution in [0.15, 0.2) is 0 Å². The van der Waals surface area contributed by atoms with Crippen LogP contribution in [0.2, 0.25) is 0 Å². The Morgan fingerprint density at radius 3 is 2.53 bits per heavy atom. The summed E-state index contributed by atoms with van der Waals surface area (Å²) in [5.74, 6) is -1.78. The molecule has 0 unspecified atom stereocenters. The van der Waals surface area contributed by atoms with Gasteiger partial charge in [0.2, 0.25) is 5.91 Å². The number of ether oxygens (including phenoxy) is 2. The molecule has 1 atom stereocenters. The number of hydrogen-bond donors (Lipinski definition) is 0. The van der Waals surface area contributed by atoms with Gasteiger partial charge in [-0.1, -0.05) is 0 Å². The van der Waals surface area contributed by atoms with Gasteiger partial charge in [0, 0.05) is 9.16 Å². The number of carbonyl (C=O) groups is 3. The molecule has 6 nitrogen and oxygen atoms in total. The summed E-state index contributed by atoms with van der Waals surface area (Å²) in [5, 5.41) is 0. The van der Waals surface area contributed by atoms with Crippen molar-refractivity contribution in [1.29, 1.82) is 0 Å². The van der Waals surface area contributed by atoms with Crippen LogP contribution in [0.5, 0.6) is 0 Å². The summed E-state index contributed by atoms with van der Waals surface area (Å²) in [6, 6.07) is -1.61. The third-order valence-electron chi connectivity index (χ3n) is 1.99. The van der Waals surface area contributed by atoms with Crippen LogP contribution in [0.25, 0.3) is 0 Å². The van der Waals surface area contributed by atoms with Gasteiger partial charge >= 0.3 is 12.1 Å². The Hall–Kier alpha value is -1.59. The van der Waals surface area contributed by atoms with Gasteiger partial charge in [-0.3, -0.25) is 4.79 Å². The zero-order valence-corrected chi connectivity index (χ0v) is 10.3. The van der Waals surface area contributed by atoms with Gasteiger partial charge in [0.25, 0.3) is 0 Å². The molecule has 2 amide bonds. The van der Waals surface area contributed by atoms with Gasteiger partial charge in [-0.2, -0.15) is 0 Å². The van der Waals surface area contributed by atoms with E-state index in [2.05, 4.69) is 4.74 Å². The number of hydrogen-bond acceptors (Lipinski definition) is 5. The summed E-state index contributed by atoms with van der Waals surface area (Å²) in [4.78, 5) is 35.7. The van der Waals surface area contributed by atoms with Crippen LogP contribution in [-0.4, -0.2) is 41.6 Å². The van der Waals surface area contributed by atoms with Crippen LogP contribution in [0.1, 0.15) is 36.3 Å². The maximum Gasteiger partial charge on any atom is 0.417 e. The number of imide groups is 1. The molecular formula is C11H17NO5. The summed E-state index contributed by atoms with van der Waals surface area (Å²) in [6.45, 7) is 4.81. The molecule has 0 aromatic rings. The zero-order chi connectivity index (χ0) is 15.0. The lowest BCUT2D eigenvalue weighted by molar-refractivity contribution is -0.148. The maximum atomic E-state index is 11.9. The van der Waals surface area contributed by atoms with Gasteiger partial charge in [-0.05, 0) is 27.1 Å². The second-order valence-electron chi connectivity index (χ2n) is 4.55. The van der Waals surface area contributed by atoms with Gasteiger partial charge < -0.3 is 9.47 Å². The van der Waals surface area contributed by atoms with E-state index in [1.54, 1.807) is 20.8 Å². The minimum atomic E-state index is -2.17. The van der Waals surface area contributed by atoms with E-state index in [1.165, 1.54) is 0 Å². The molecule has 0 radical (unpaired) electrons. The maximum absolute atomic E-state index is 11.9. The fraction of sp³-hybridized carbons (Fsp3) is 0.727. The molecule has 96 valence electrons. The molecule has 1 saturated heterocycles. The fourth-order valence-corrected chi connectivity index (χ4v) is 1.32. The van der Waals surface area contributed by atoms with Crippen LogP contribution >= 0.6 is 0 Å². The normalized spacial score (nSPS) is 25.1. The summed E-state index contributed by atoms with van der Waals surface area (Å²) in [5.41, 5.74) is -0.854. The van der Waals surface area contributed by atoms with Crippen LogP contribution in [0, 0.1) is 0 Å². The molecule has 0 aromatic carbocycles. The van der Waals surface area contributed by atoms with Crippen molar-refractivity contribution < 1.29 is 26.6 Å². The van der Waals surface area contributed by atoms with Crippen LogP contribution in [0.4, 0.5) is 4.79 Å². The van der Waals surface area contributed by atoms with Crippen molar-refractivity contribution in [3.8, 4) is 0 Å². The summed E-state index contributed by atoms with van der Waals surface area (Å²) >= 11 is 0. The number of rotatable bonds is 1. The molecule has 0 N–H and O–H groups in total. The highest BCUT2D eigenvalue weighted by atomic mass is 16.6. The van der Waals surface area contributed by atoms with Crippen molar-refractivity contribution in [3.63, 3.8) is 0 Å². The fourth-order valence-electron chi connectivity index (χ4n) is 1.32. The standard InChI is InChI=1S/C11H17NO5/c1-11(2,3)17-10(15)12-7(9(14)16-4)5-6-8(12)13/h7H,5-6H2,1-4H3/t7-/m0/s1/i5D2. The Balaban J connectivity index is 3.06. The van der Waals surface area contributed by atoms with Crippen molar-refractivity contribution in [2.24, 2.45) is 0 Å². The third kappa shape index (κ3) is 3.18. The average molecular weight is 245 g/mol. The van der Waals surface area contributed by atoms with E-state index >= 15 is 0 Å². The predicted molar refractivity (Wildman–Crippen MR) is 58.1 cm³/mol. The number of esters is 1. The Morgan fingerprint density at radius 2 is 2.06 bits per heavy atom. The number of methoxy groups -OCH3 is 1. The Bertz CT molecular complexity index is 416. The zero-order valence-electron chi connectivity index (χ0n) is 12.3. The van der Waals surface area contributed by atoms with Crippen LogP contribution in [-0.2, 0) is 19.1 Å². The molecular weight excluding hydrogens is 226 g/mol. The van der Waals surface area contributed by atoms with E-state index in [-0.39, 0.29) is 0 Å². The van der Waals surface area contributed by atoms with Crippen molar-refractivity contribution in [3.05, 3.63) is 0 Å². The number of likely N-dealkylation sites (tertiary alicyclic amines) is 1. The predicted octanol–water partition coefficient (Wildman–Crippen LogP) is 1.09. The summed E-state index contributed by atoms with van der Waals surface area (Å²) in [7, 11) is 1.06. The number of amides is 2. The van der Waals surface area contributed by atoms with Crippen LogP contribution < -0.4 is 0 Å². The van der Waals surface area contributed by atoms with Crippen molar-refractivity contribution in [2.75, 3.05) is 7.11 Å². The lowest BCUT2D eigenvalue weighted by atomic mass is 10.2. The second-order valence-corrected chi connectivity index (χ2v) is 4.55. The quantitative estimate of drug-likeness (QED) is 0.646. The van der Waals surface area contributed by atoms with E-state index in [4.69, 9.17) is 7.48 Å². The first-order valence-corrected chi connectivity index (χ1v) is 5.12. The first-order chi connectivity index (χ1) is 8.49. The lowest BCUT2D eigenvalue weighted by Gasteiger charge is -2.26. The molecule has 17 heavy (non-hydrogen) atoms. The van der Waals surface area contributed by atoms with Gasteiger partial charge in [0.15, 0.2) is 0 Å². The summed E-state index contributed by atoms with van der Waals surface area (Å²) in [6.07, 6.45) is -3.78. The van der Waals surface area contributed by atoms with E-state index < -0.39 is 42.4 Å². The van der Waals surface area contributed by atoms with E-state index in [9.17, 15) is 14.4 Å². The molecule has 1 aliphatic rings. The molecule has 0 aromatic heterocycles. The van der Waals surface area contributed by atoms with Gasteiger partial charge in [0.1, 0.15) is 11.6 Å². The highest BCUT2D eigenvalue weighted by Crippen LogP contribution is 2.22. The highest BCUT2D eigenvalue weighted by molar-refractivity contribution is 5.99. The van der Waals surface area contributed by atoms with Crippen molar-refractivity contribution in [1.82, 2.24) is 4.90 Å². The minimum absolute atomic E-state index is 0.497. The Morgan fingerprint density at radius 1 is 1.47 bits per heavy atom. The smallest absolute Gasteiger partial charge is 0.417 e. The molecule has 0 aliphatic carbocycles. The topological polar surface area (TPSA) is 72.9 Å². The molecule has 6 heteroatoms. The molecule has 1 fully saturated rings. The third-order valence-corrected chi connectivity index (χ3v) is 1.99. The van der Waals surface area contributed by atoms with Crippen molar-refractivity contribution in [2.45, 2.75) is 45.2 Å². The first kappa shape index (κ1) is 10.6. The molecule has 1 heterocycles. The molecule has 1 rings (SSSR count). The lowest BCUT2D eigenvalue weighted by Crippen LogP contribution is -2.45. The van der Waals surface area contributed by atoms with E-state index in [0.29, 0.717) is 4.90 Å². The highest BCUT2D eigenvalue weighted by Gasteiger charge is 2.42.